The van der Waals surface area contributed by atoms with Gasteiger partial charge in [0.2, 0.25) is 0 Å². The molecule has 0 spiro atoms. The number of nitrogens with two attached hydrogens (primary N) is 1. The Morgan fingerprint density at radius 3 is 2.25 bits per heavy atom. The van der Waals surface area contributed by atoms with Crippen LogP contribution in [0.4, 0.5) is 10.5 Å². The molecule has 8 nitrogen and oxygen atoms in total. The van der Waals surface area contributed by atoms with Gasteiger partial charge in [0.1, 0.15) is 5.84 Å². The summed E-state index contributed by atoms with van der Waals surface area (Å²) in [5.74, 6) is 0.620. The summed E-state index contributed by atoms with van der Waals surface area (Å²) >= 11 is 0. The molecule has 8 heteroatoms. The maximum Gasteiger partial charge on any atom is 0.352 e. The van der Waals surface area contributed by atoms with Crippen molar-refractivity contribution in [3.05, 3.63) is 83.6 Å². The molecule has 0 bridgehead atoms. The fourth-order valence-electron chi connectivity index (χ4n) is 3.48. The number of hydrazone groups is 1. The van der Waals surface area contributed by atoms with Gasteiger partial charge in [0.05, 0.1) is 17.0 Å². The fourth-order valence-corrected chi connectivity index (χ4v) is 3.48. The number of hydrogen-bond donors (Lipinski definition) is 3. The minimum absolute atomic E-state index is 0.620. The van der Waals surface area contributed by atoms with E-state index in [1.54, 1.807) is 32.0 Å². The summed E-state index contributed by atoms with van der Waals surface area (Å²) in [4.78, 5) is 15.7. The molecule has 1 aliphatic rings. The van der Waals surface area contributed by atoms with Gasteiger partial charge in [0, 0.05) is 11.8 Å². The molecule has 2 aromatic carbocycles. The highest BCUT2D eigenvalue weighted by molar-refractivity contribution is 5.97. The van der Waals surface area contributed by atoms with Gasteiger partial charge in [-0.2, -0.15) is 0 Å². The van der Waals surface area contributed by atoms with Crippen LogP contribution in [0.1, 0.15) is 37.5 Å². The summed E-state index contributed by atoms with van der Waals surface area (Å²) in [5.41, 5.74) is 13.0. The topological polar surface area (TPSA) is 107 Å². The first-order valence-corrected chi connectivity index (χ1v) is 10.3. The second kappa shape index (κ2) is 8.41. The Labute approximate surface area is 186 Å². The lowest BCUT2D eigenvalue weighted by atomic mass is 9.97. The van der Waals surface area contributed by atoms with Crippen molar-refractivity contribution in [3.63, 3.8) is 0 Å². The van der Waals surface area contributed by atoms with Crippen LogP contribution < -0.4 is 16.3 Å². The first-order chi connectivity index (χ1) is 15.2. The van der Waals surface area contributed by atoms with Gasteiger partial charge in [-0.1, -0.05) is 36.4 Å². The second-order valence-electron chi connectivity index (χ2n) is 8.26. The van der Waals surface area contributed by atoms with Crippen LogP contribution in [0.25, 0.3) is 11.3 Å². The van der Waals surface area contributed by atoms with Gasteiger partial charge in [0.25, 0.3) is 0 Å². The Hall–Kier alpha value is -3.75. The molecule has 0 saturated carbocycles. The van der Waals surface area contributed by atoms with Crippen LogP contribution in [-0.4, -0.2) is 27.1 Å². The maximum absolute atomic E-state index is 11.3. The van der Waals surface area contributed by atoms with Crippen LogP contribution in [0, 0.1) is 0 Å². The van der Waals surface area contributed by atoms with Crippen molar-refractivity contribution in [1.29, 1.82) is 0 Å². The zero-order valence-electron chi connectivity index (χ0n) is 18.3. The van der Waals surface area contributed by atoms with Crippen molar-refractivity contribution < 1.29 is 9.90 Å². The third-order valence-electron chi connectivity index (χ3n) is 5.29. The minimum atomic E-state index is -0.906. The van der Waals surface area contributed by atoms with Crippen molar-refractivity contribution in [2.24, 2.45) is 10.8 Å². The predicted molar refractivity (Wildman–Crippen MR) is 124 cm³/mol. The molecule has 0 radical (unpaired) electrons. The number of anilines is 1. The molecule has 2 heterocycles. The Bertz CT molecular complexity index is 1150. The largest absolute Gasteiger partial charge is 0.386 e. The number of hydrogen-bond acceptors (Lipinski definition) is 6. The van der Waals surface area contributed by atoms with Gasteiger partial charge in [-0.3, -0.25) is 4.98 Å². The second-order valence-corrected chi connectivity index (χ2v) is 8.26. The highest BCUT2D eigenvalue weighted by atomic mass is 16.3. The van der Waals surface area contributed by atoms with Crippen LogP contribution in [0.3, 0.4) is 0 Å². The van der Waals surface area contributed by atoms with Crippen molar-refractivity contribution in [1.82, 2.24) is 15.6 Å². The predicted octanol–water partition coefficient (Wildman–Crippen LogP) is 3.52. The summed E-state index contributed by atoms with van der Waals surface area (Å²) < 4.78 is 0. The number of carbonyl (C=O) groups excluding carboxylic acids is 1. The quantitative estimate of drug-likeness (QED) is 0.574. The Kier molecular flexibility index (Phi) is 5.65. The standard InChI is InChI=1S/C24H26N6O2/c1-16-27-30(23(25)31)28-29(16)21-10-6-18(7-11-21)14-17-4-8-19(9-5-17)22-15-20(12-13-26-22)24(2,3)32/h4-13,15,28,32H,14H2,1-3H3,(H2,25,31). The average molecular weight is 431 g/mol. The van der Waals surface area contributed by atoms with Gasteiger partial charge in [-0.05, 0) is 68.1 Å². The van der Waals surface area contributed by atoms with Crippen molar-refractivity contribution >= 4 is 17.6 Å². The summed E-state index contributed by atoms with van der Waals surface area (Å²) in [6.45, 7) is 5.32. The van der Waals surface area contributed by atoms with Crippen molar-refractivity contribution in [2.75, 3.05) is 5.01 Å². The number of aromatic nitrogens is 1. The number of nitrogens with one attached hydrogen (secondary N) is 1. The molecule has 3 aromatic rings. The van der Waals surface area contributed by atoms with E-state index in [4.69, 9.17) is 5.73 Å². The van der Waals surface area contributed by atoms with E-state index < -0.39 is 11.6 Å². The van der Waals surface area contributed by atoms with E-state index in [1.165, 1.54) is 5.56 Å². The Morgan fingerprint density at radius 1 is 1.06 bits per heavy atom. The molecule has 4 rings (SSSR count). The molecule has 164 valence electrons. The lowest BCUT2D eigenvalue weighted by molar-refractivity contribution is 0.0785. The van der Waals surface area contributed by atoms with E-state index in [9.17, 15) is 9.90 Å². The number of carbonyl (C=O) groups is 1. The highest BCUT2D eigenvalue weighted by Crippen LogP contribution is 2.25. The SMILES string of the molecule is CC1=NN(C(N)=O)NN1c1ccc(Cc2ccc(-c3cc(C(C)(C)O)ccn3)cc2)cc1. The van der Waals surface area contributed by atoms with E-state index in [0.717, 1.165) is 39.6 Å². The smallest absolute Gasteiger partial charge is 0.352 e. The van der Waals surface area contributed by atoms with Crippen LogP contribution >= 0.6 is 0 Å². The van der Waals surface area contributed by atoms with Gasteiger partial charge >= 0.3 is 6.03 Å². The van der Waals surface area contributed by atoms with Crippen LogP contribution in [0.2, 0.25) is 0 Å². The first kappa shape index (κ1) is 21.5. The molecule has 0 aliphatic carbocycles. The molecule has 4 N–H and O–H groups in total. The molecule has 0 unspecified atom stereocenters. The molecule has 32 heavy (non-hydrogen) atoms. The Morgan fingerprint density at radius 2 is 1.69 bits per heavy atom. The molecular formula is C24H26N6O2. The van der Waals surface area contributed by atoms with Gasteiger partial charge in [-0.15, -0.1) is 15.8 Å². The van der Waals surface area contributed by atoms with Crippen molar-refractivity contribution in [2.45, 2.75) is 32.8 Å². The molecule has 0 atom stereocenters. The number of primary amides is 1. The van der Waals surface area contributed by atoms with Gasteiger partial charge < -0.3 is 10.8 Å². The molecule has 0 fully saturated rings. The fraction of sp³-hybridized carbons (Fsp3) is 0.208. The summed E-state index contributed by atoms with van der Waals surface area (Å²) in [6, 6.07) is 19.4. The van der Waals surface area contributed by atoms with Gasteiger partial charge in [0.15, 0.2) is 0 Å². The summed E-state index contributed by atoms with van der Waals surface area (Å²) in [5, 5.41) is 17.0. The molecular weight excluding hydrogens is 404 g/mol. The summed E-state index contributed by atoms with van der Waals surface area (Å²) in [6.07, 6.45) is 2.51. The zero-order chi connectivity index (χ0) is 22.9. The number of benzene rings is 2. The van der Waals surface area contributed by atoms with Crippen LogP contribution in [0.5, 0.6) is 0 Å². The van der Waals surface area contributed by atoms with E-state index in [2.05, 4.69) is 27.8 Å². The molecule has 0 saturated heterocycles. The first-order valence-electron chi connectivity index (χ1n) is 10.3. The Balaban J connectivity index is 1.44. The minimum Gasteiger partial charge on any atom is -0.386 e. The van der Waals surface area contributed by atoms with Crippen LogP contribution in [0.15, 0.2) is 72.0 Å². The number of aliphatic hydroxyl groups is 1. The zero-order valence-corrected chi connectivity index (χ0v) is 18.3. The van der Waals surface area contributed by atoms with E-state index in [1.807, 2.05) is 48.5 Å². The highest BCUT2D eigenvalue weighted by Gasteiger charge is 2.23. The van der Waals surface area contributed by atoms with E-state index >= 15 is 0 Å². The third-order valence-corrected chi connectivity index (χ3v) is 5.29. The monoisotopic (exact) mass is 430 g/mol. The molecule has 1 aliphatic heterocycles. The number of rotatable bonds is 5. The third kappa shape index (κ3) is 4.61. The van der Waals surface area contributed by atoms with E-state index in [-0.39, 0.29) is 0 Å². The lowest BCUT2D eigenvalue weighted by Gasteiger charge is -2.19. The van der Waals surface area contributed by atoms with Crippen molar-refractivity contribution in [3.8, 4) is 11.3 Å². The lowest BCUT2D eigenvalue weighted by Crippen LogP contribution is -2.46. The van der Waals surface area contributed by atoms with Gasteiger partial charge in [-0.25, -0.2) is 9.80 Å². The maximum atomic E-state index is 11.3. The number of amides is 2. The molecule has 1 aromatic heterocycles. The number of nitrogens with zero attached hydrogens (tertiary/aromatic N) is 4. The molecule has 2 amide bonds. The van der Waals surface area contributed by atoms with Crippen LogP contribution in [-0.2, 0) is 12.0 Å². The summed E-state index contributed by atoms with van der Waals surface area (Å²) in [7, 11) is 0. The average Bonchev–Trinajstić information content (AvgIpc) is 3.16. The number of pyridine rings is 1. The number of hydrazine groups is 2. The number of urea groups is 1. The normalized spacial score (nSPS) is 13.9. The van der Waals surface area contributed by atoms with E-state index in [0.29, 0.717) is 5.84 Å². The number of amidine groups is 1.